The SMILES string of the molecule is O=C(O)[C@H]1[C@@H](C(=O)N(Cc2cccs2)C2CCCC2)[C@@H]2C=C[C@@H]1C2. The van der Waals surface area contributed by atoms with Gasteiger partial charge >= 0.3 is 5.97 Å². The number of hydrogen-bond donors (Lipinski definition) is 1. The van der Waals surface area contributed by atoms with E-state index in [0.717, 1.165) is 32.1 Å². The van der Waals surface area contributed by atoms with Crippen molar-refractivity contribution in [2.45, 2.75) is 44.7 Å². The Hall–Kier alpha value is -1.62. The predicted octanol–water partition coefficient (Wildman–Crippen LogP) is 3.54. The molecule has 1 aromatic heterocycles. The number of aliphatic carboxylic acids is 1. The highest BCUT2D eigenvalue weighted by atomic mass is 32.1. The van der Waals surface area contributed by atoms with Gasteiger partial charge in [0.25, 0.3) is 0 Å². The second-order valence-electron chi connectivity index (χ2n) is 7.32. The summed E-state index contributed by atoms with van der Waals surface area (Å²) < 4.78 is 0. The second kappa shape index (κ2) is 6.36. The summed E-state index contributed by atoms with van der Waals surface area (Å²) in [4.78, 5) is 28.4. The van der Waals surface area contributed by atoms with Crippen molar-refractivity contribution in [2.24, 2.45) is 23.7 Å². The molecular weight excluding hydrogens is 322 g/mol. The molecule has 1 heterocycles. The number of carboxylic acid groups (broad SMARTS) is 1. The van der Waals surface area contributed by atoms with Crippen LogP contribution in [0, 0.1) is 23.7 Å². The van der Waals surface area contributed by atoms with Gasteiger partial charge in [-0.15, -0.1) is 11.3 Å². The smallest absolute Gasteiger partial charge is 0.307 e. The zero-order chi connectivity index (χ0) is 16.7. The molecule has 5 heteroatoms. The van der Waals surface area contributed by atoms with Crippen LogP contribution in [0.3, 0.4) is 0 Å². The van der Waals surface area contributed by atoms with Crippen molar-refractivity contribution < 1.29 is 14.7 Å². The van der Waals surface area contributed by atoms with Crippen molar-refractivity contribution in [3.05, 3.63) is 34.5 Å². The number of rotatable bonds is 5. The van der Waals surface area contributed by atoms with Crippen molar-refractivity contribution >= 4 is 23.2 Å². The van der Waals surface area contributed by atoms with Gasteiger partial charge in [0.2, 0.25) is 5.91 Å². The van der Waals surface area contributed by atoms with Crippen LogP contribution in [0.15, 0.2) is 29.7 Å². The Bertz CT molecular complexity index is 648. The summed E-state index contributed by atoms with van der Waals surface area (Å²) in [5.41, 5.74) is 0. The monoisotopic (exact) mass is 345 g/mol. The molecule has 1 N–H and O–H groups in total. The highest BCUT2D eigenvalue weighted by Gasteiger charge is 2.53. The van der Waals surface area contributed by atoms with E-state index in [1.165, 1.54) is 4.88 Å². The van der Waals surface area contributed by atoms with E-state index >= 15 is 0 Å². The van der Waals surface area contributed by atoms with Crippen LogP contribution in [0.5, 0.6) is 0 Å². The first-order valence-corrected chi connectivity index (χ1v) is 9.77. The number of allylic oxidation sites excluding steroid dienone is 2. The van der Waals surface area contributed by atoms with E-state index in [1.54, 1.807) is 11.3 Å². The molecule has 2 saturated carbocycles. The molecule has 0 aromatic carbocycles. The number of carbonyl (C=O) groups is 2. The molecule has 3 aliphatic carbocycles. The molecule has 2 fully saturated rings. The quantitative estimate of drug-likeness (QED) is 0.831. The number of fused-ring (bicyclic) bond motifs is 2. The zero-order valence-electron chi connectivity index (χ0n) is 13.6. The van der Waals surface area contributed by atoms with Crippen LogP contribution in [-0.2, 0) is 16.1 Å². The molecule has 0 spiro atoms. The van der Waals surface area contributed by atoms with Gasteiger partial charge in [0.15, 0.2) is 0 Å². The summed E-state index contributed by atoms with van der Waals surface area (Å²) >= 11 is 1.67. The summed E-state index contributed by atoms with van der Waals surface area (Å²) in [5.74, 6) is -1.52. The summed E-state index contributed by atoms with van der Waals surface area (Å²) in [6.45, 7) is 0.630. The Kier molecular flexibility index (Phi) is 4.21. The van der Waals surface area contributed by atoms with Crippen molar-refractivity contribution in [1.82, 2.24) is 4.90 Å². The van der Waals surface area contributed by atoms with Gasteiger partial charge < -0.3 is 10.0 Å². The second-order valence-corrected chi connectivity index (χ2v) is 8.35. The summed E-state index contributed by atoms with van der Waals surface area (Å²) in [5, 5.41) is 11.7. The Morgan fingerprint density at radius 2 is 1.88 bits per heavy atom. The van der Waals surface area contributed by atoms with Gasteiger partial charge in [0, 0.05) is 10.9 Å². The maximum Gasteiger partial charge on any atom is 0.307 e. The third kappa shape index (κ3) is 2.69. The molecule has 0 unspecified atom stereocenters. The minimum absolute atomic E-state index is 0.0358. The van der Waals surface area contributed by atoms with Gasteiger partial charge in [0.1, 0.15) is 0 Å². The van der Waals surface area contributed by atoms with E-state index in [4.69, 9.17) is 0 Å². The number of carbonyl (C=O) groups excluding carboxylic acids is 1. The van der Waals surface area contributed by atoms with E-state index in [2.05, 4.69) is 12.1 Å². The molecule has 128 valence electrons. The first-order chi connectivity index (χ1) is 11.6. The highest BCUT2D eigenvalue weighted by molar-refractivity contribution is 7.09. The van der Waals surface area contributed by atoms with Gasteiger partial charge in [-0.05, 0) is 42.5 Å². The van der Waals surface area contributed by atoms with Crippen LogP contribution in [-0.4, -0.2) is 27.9 Å². The van der Waals surface area contributed by atoms with E-state index in [9.17, 15) is 14.7 Å². The lowest BCUT2D eigenvalue weighted by Gasteiger charge is -2.34. The van der Waals surface area contributed by atoms with Crippen LogP contribution in [0.1, 0.15) is 37.0 Å². The van der Waals surface area contributed by atoms with Gasteiger partial charge in [-0.3, -0.25) is 9.59 Å². The Morgan fingerprint density at radius 3 is 2.50 bits per heavy atom. The number of thiophene rings is 1. The molecule has 4 rings (SSSR count). The molecule has 3 aliphatic rings. The third-order valence-corrected chi connectivity index (χ3v) is 6.85. The average Bonchev–Trinajstić information content (AvgIpc) is 3.36. The van der Waals surface area contributed by atoms with E-state index < -0.39 is 11.9 Å². The largest absolute Gasteiger partial charge is 0.481 e. The van der Waals surface area contributed by atoms with Crippen molar-refractivity contribution in [3.63, 3.8) is 0 Å². The third-order valence-electron chi connectivity index (χ3n) is 5.98. The van der Waals surface area contributed by atoms with Gasteiger partial charge in [-0.1, -0.05) is 31.1 Å². The van der Waals surface area contributed by atoms with Crippen LogP contribution >= 0.6 is 11.3 Å². The van der Waals surface area contributed by atoms with Crippen molar-refractivity contribution in [2.75, 3.05) is 0 Å². The lowest BCUT2D eigenvalue weighted by atomic mass is 9.81. The van der Waals surface area contributed by atoms with Crippen molar-refractivity contribution in [3.8, 4) is 0 Å². The number of amides is 1. The summed E-state index contributed by atoms with van der Waals surface area (Å²) in [6.07, 6.45) is 9.33. The first-order valence-electron chi connectivity index (χ1n) is 8.89. The predicted molar refractivity (Wildman–Crippen MR) is 92.5 cm³/mol. The normalized spacial score (nSPS) is 31.7. The molecular formula is C19H23NO3S. The highest BCUT2D eigenvalue weighted by Crippen LogP contribution is 2.49. The minimum Gasteiger partial charge on any atom is -0.481 e. The molecule has 0 radical (unpaired) electrons. The van der Waals surface area contributed by atoms with Gasteiger partial charge in [0.05, 0.1) is 18.4 Å². The fraction of sp³-hybridized carbons (Fsp3) is 0.579. The molecule has 1 aromatic rings. The Labute approximate surface area is 146 Å². The summed E-state index contributed by atoms with van der Waals surface area (Å²) in [7, 11) is 0. The Balaban J connectivity index is 1.60. The standard InChI is InChI=1S/C19H23NO3S/c21-18(16-12-7-8-13(10-12)17(16)19(22)23)20(14-4-1-2-5-14)11-15-6-3-9-24-15/h3,6-9,12-14,16-17H,1-2,4-5,10-11H2,(H,22,23)/t12-,13-,16+,17-/m1/s1. The maximum absolute atomic E-state index is 13.4. The molecule has 4 nitrogen and oxygen atoms in total. The zero-order valence-corrected chi connectivity index (χ0v) is 14.5. The van der Waals surface area contributed by atoms with Crippen LogP contribution in [0.4, 0.5) is 0 Å². The van der Waals surface area contributed by atoms with Gasteiger partial charge in [-0.25, -0.2) is 0 Å². The number of hydrogen-bond acceptors (Lipinski definition) is 3. The first kappa shape index (κ1) is 15.9. The fourth-order valence-corrected chi connectivity index (χ4v) is 5.56. The van der Waals surface area contributed by atoms with Crippen LogP contribution < -0.4 is 0 Å². The molecule has 2 bridgehead atoms. The minimum atomic E-state index is -0.812. The van der Waals surface area contributed by atoms with Crippen LogP contribution in [0.25, 0.3) is 0 Å². The van der Waals surface area contributed by atoms with Crippen molar-refractivity contribution in [1.29, 1.82) is 0 Å². The molecule has 0 saturated heterocycles. The number of carboxylic acids is 1. The molecule has 4 atom stereocenters. The molecule has 0 aliphatic heterocycles. The lowest BCUT2D eigenvalue weighted by Crippen LogP contribution is -2.46. The fourth-order valence-electron chi connectivity index (χ4n) is 4.86. The van der Waals surface area contributed by atoms with E-state index in [0.29, 0.717) is 6.54 Å². The lowest BCUT2D eigenvalue weighted by molar-refractivity contribution is -0.152. The van der Waals surface area contributed by atoms with E-state index in [1.807, 2.05) is 22.4 Å². The topological polar surface area (TPSA) is 57.6 Å². The van der Waals surface area contributed by atoms with E-state index in [-0.39, 0.29) is 29.7 Å². The number of nitrogens with zero attached hydrogens (tertiary/aromatic N) is 1. The maximum atomic E-state index is 13.4. The Morgan fingerprint density at radius 1 is 1.17 bits per heavy atom. The average molecular weight is 345 g/mol. The molecule has 1 amide bonds. The van der Waals surface area contributed by atoms with Gasteiger partial charge in [-0.2, -0.15) is 0 Å². The molecule has 24 heavy (non-hydrogen) atoms. The van der Waals surface area contributed by atoms with Crippen LogP contribution in [0.2, 0.25) is 0 Å². The summed E-state index contributed by atoms with van der Waals surface area (Å²) in [6, 6.07) is 4.35.